The second kappa shape index (κ2) is 4.67. The highest BCUT2D eigenvalue weighted by Crippen LogP contribution is 2.18. The first-order chi connectivity index (χ1) is 7.65. The first kappa shape index (κ1) is 11.2. The first-order valence-corrected chi connectivity index (χ1v) is 5.70. The molecule has 0 atom stereocenters. The van der Waals surface area contributed by atoms with E-state index in [-0.39, 0.29) is 5.24 Å². The van der Waals surface area contributed by atoms with E-state index >= 15 is 0 Å². The molecule has 2 rings (SSSR count). The van der Waals surface area contributed by atoms with Crippen LogP contribution in [0.15, 0.2) is 36.4 Å². The Bertz CT molecular complexity index is 531. The van der Waals surface area contributed by atoms with Crippen LogP contribution in [0.25, 0.3) is 10.8 Å². The van der Waals surface area contributed by atoms with Crippen LogP contribution in [0.1, 0.15) is 17.5 Å². The maximum Gasteiger partial charge on any atom is 0.221 e. The first-order valence-electron chi connectivity index (χ1n) is 5.33. The van der Waals surface area contributed by atoms with E-state index in [1.54, 1.807) is 0 Å². The van der Waals surface area contributed by atoms with Crippen molar-refractivity contribution in [3.63, 3.8) is 0 Å². The molecular weight excluding hydrogens is 220 g/mol. The summed E-state index contributed by atoms with van der Waals surface area (Å²) >= 11 is 5.33. The van der Waals surface area contributed by atoms with Gasteiger partial charge in [-0.25, -0.2) is 0 Å². The summed E-state index contributed by atoms with van der Waals surface area (Å²) in [4.78, 5) is 10.7. The van der Waals surface area contributed by atoms with Gasteiger partial charge in [0.05, 0.1) is 0 Å². The van der Waals surface area contributed by atoms with Crippen molar-refractivity contribution in [2.24, 2.45) is 0 Å². The van der Waals surface area contributed by atoms with Crippen molar-refractivity contribution in [2.75, 3.05) is 0 Å². The number of fused-ring (bicyclic) bond motifs is 1. The molecule has 0 aromatic heterocycles. The van der Waals surface area contributed by atoms with Gasteiger partial charge in [0.1, 0.15) is 0 Å². The number of hydrogen-bond donors (Lipinski definition) is 0. The molecule has 0 fully saturated rings. The number of carbonyl (C=O) groups is 1. The van der Waals surface area contributed by atoms with E-state index in [9.17, 15) is 4.79 Å². The Balaban J connectivity index is 2.31. The SMILES string of the molecule is Cc1ccc2ccc(CCC(=O)Cl)cc2c1. The van der Waals surface area contributed by atoms with Crippen LogP contribution in [0.5, 0.6) is 0 Å². The van der Waals surface area contributed by atoms with Gasteiger partial charge in [-0.1, -0.05) is 42.0 Å². The molecule has 0 spiro atoms. The van der Waals surface area contributed by atoms with Gasteiger partial charge in [-0.2, -0.15) is 0 Å². The molecule has 0 radical (unpaired) electrons. The van der Waals surface area contributed by atoms with Crippen molar-refractivity contribution >= 4 is 27.6 Å². The molecule has 0 N–H and O–H groups in total. The molecule has 0 amide bonds. The summed E-state index contributed by atoms with van der Waals surface area (Å²) in [6, 6.07) is 12.6. The van der Waals surface area contributed by atoms with Gasteiger partial charge in [-0.15, -0.1) is 0 Å². The van der Waals surface area contributed by atoms with Gasteiger partial charge in [0, 0.05) is 6.42 Å². The zero-order chi connectivity index (χ0) is 11.5. The van der Waals surface area contributed by atoms with Crippen LogP contribution in [0.4, 0.5) is 0 Å². The van der Waals surface area contributed by atoms with E-state index in [2.05, 4.69) is 43.3 Å². The summed E-state index contributed by atoms with van der Waals surface area (Å²) in [5, 5.41) is 2.18. The van der Waals surface area contributed by atoms with E-state index in [0.717, 1.165) is 5.56 Å². The molecule has 82 valence electrons. The third kappa shape index (κ3) is 2.61. The van der Waals surface area contributed by atoms with Crippen LogP contribution in [0.3, 0.4) is 0 Å². The van der Waals surface area contributed by atoms with Crippen molar-refractivity contribution in [2.45, 2.75) is 19.8 Å². The lowest BCUT2D eigenvalue weighted by molar-refractivity contribution is -0.111. The largest absolute Gasteiger partial charge is 0.281 e. The molecule has 16 heavy (non-hydrogen) atoms. The fourth-order valence-corrected chi connectivity index (χ4v) is 1.91. The van der Waals surface area contributed by atoms with Crippen LogP contribution in [0.2, 0.25) is 0 Å². The number of halogens is 1. The second-order valence-electron chi connectivity index (χ2n) is 4.04. The highest BCUT2D eigenvalue weighted by Gasteiger charge is 2.00. The molecule has 0 saturated heterocycles. The molecule has 2 aromatic carbocycles. The van der Waals surface area contributed by atoms with Crippen molar-refractivity contribution in [3.05, 3.63) is 47.5 Å². The molecule has 0 heterocycles. The lowest BCUT2D eigenvalue weighted by Crippen LogP contribution is -1.91. The van der Waals surface area contributed by atoms with Gasteiger partial charge in [0.15, 0.2) is 0 Å². The predicted octanol–water partition coefficient (Wildman–Crippen LogP) is 3.85. The topological polar surface area (TPSA) is 17.1 Å². The van der Waals surface area contributed by atoms with Gasteiger partial charge in [-0.3, -0.25) is 4.79 Å². The van der Waals surface area contributed by atoms with Gasteiger partial charge in [0.2, 0.25) is 5.24 Å². The fraction of sp³-hybridized carbons (Fsp3) is 0.214. The summed E-state index contributed by atoms with van der Waals surface area (Å²) in [5.41, 5.74) is 2.41. The average Bonchev–Trinajstić information content (AvgIpc) is 2.25. The lowest BCUT2D eigenvalue weighted by atomic mass is 10.0. The minimum Gasteiger partial charge on any atom is -0.281 e. The molecule has 1 nitrogen and oxygen atoms in total. The summed E-state index contributed by atoms with van der Waals surface area (Å²) < 4.78 is 0. The highest BCUT2D eigenvalue weighted by molar-refractivity contribution is 6.63. The highest BCUT2D eigenvalue weighted by atomic mass is 35.5. The molecule has 0 unspecified atom stereocenters. The summed E-state index contributed by atoms with van der Waals surface area (Å²) in [6.07, 6.45) is 1.12. The number of aryl methyl sites for hydroxylation is 2. The molecule has 0 aliphatic rings. The third-order valence-corrected chi connectivity index (χ3v) is 2.86. The van der Waals surface area contributed by atoms with Crippen LogP contribution < -0.4 is 0 Å². The molecule has 2 heteroatoms. The summed E-state index contributed by atoms with van der Waals surface area (Å²) in [6.45, 7) is 2.08. The Hall–Kier alpha value is -1.34. The van der Waals surface area contributed by atoms with E-state index in [0.29, 0.717) is 12.8 Å². The molecular formula is C14H13ClO. The standard InChI is InChI=1S/C14H13ClO/c1-10-2-5-12-6-3-11(4-7-14(15)16)9-13(12)8-10/h2-3,5-6,8-9H,4,7H2,1H3. The van der Waals surface area contributed by atoms with Gasteiger partial charge >= 0.3 is 0 Å². The summed E-state index contributed by atoms with van der Waals surface area (Å²) in [7, 11) is 0. The predicted molar refractivity (Wildman–Crippen MR) is 67.9 cm³/mol. The van der Waals surface area contributed by atoms with Gasteiger partial charge in [0.25, 0.3) is 0 Å². The Morgan fingerprint density at radius 3 is 2.62 bits per heavy atom. The normalized spacial score (nSPS) is 10.6. The van der Waals surface area contributed by atoms with Crippen LogP contribution in [0, 0.1) is 6.92 Å². The molecule has 2 aromatic rings. The number of benzene rings is 2. The Kier molecular flexibility index (Phi) is 3.25. The van der Waals surface area contributed by atoms with E-state index in [4.69, 9.17) is 11.6 Å². The van der Waals surface area contributed by atoms with Crippen molar-refractivity contribution < 1.29 is 4.79 Å². The number of carbonyl (C=O) groups excluding carboxylic acids is 1. The molecule has 0 aliphatic carbocycles. The van der Waals surface area contributed by atoms with E-state index < -0.39 is 0 Å². The third-order valence-electron chi connectivity index (χ3n) is 2.67. The second-order valence-corrected chi connectivity index (χ2v) is 4.46. The maximum absolute atomic E-state index is 10.7. The van der Waals surface area contributed by atoms with Gasteiger partial charge in [-0.05, 0) is 41.3 Å². The maximum atomic E-state index is 10.7. The minimum absolute atomic E-state index is 0.274. The number of hydrogen-bond acceptors (Lipinski definition) is 1. The van der Waals surface area contributed by atoms with Crippen molar-refractivity contribution in [1.82, 2.24) is 0 Å². The Morgan fingerprint density at radius 2 is 1.88 bits per heavy atom. The van der Waals surface area contributed by atoms with Gasteiger partial charge < -0.3 is 0 Å². The summed E-state index contributed by atoms with van der Waals surface area (Å²) in [5.74, 6) is 0. The molecule has 0 bridgehead atoms. The Morgan fingerprint density at radius 1 is 1.12 bits per heavy atom. The quantitative estimate of drug-likeness (QED) is 0.735. The monoisotopic (exact) mass is 232 g/mol. The fourth-order valence-electron chi connectivity index (χ4n) is 1.81. The zero-order valence-corrected chi connectivity index (χ0v) is 9.92. The molecule has 0 saturated carbocycles. The van der Waals surface area contributed by atoms with Crippen LogP contribution in [-0.2, 0) is 11.2 Å². The van der Waals surface area contributed by atoms with Crippen LogP contribution in [-0.4, -0.2) is 5.24 Å². The number of rotatable bonds is 3. The van der Waals surface area contributed by atoms with Crippen molar-refractivity contribution in [3.8, 4) is 0 Å². The molecule has 0 aliphatic heterocycles. The Labute approximate surface area is 100 Å². The average molecular weight is 233 g/mol. The van der Waals surface area contributed by atoms with Crippen LogP contribution >= 0.6 is 11.6 Å². The minimum atomic E-state index is -0.274. The van der Waals surface area contributed by atoms with Crippen molar-refractivity contribution in [1.29, 1.82) is 0 Å². The smallest absolute Gasteiger partial charge is 0.221 e. The van der Waals surface area contributed by atoms with E-state index in [1.165, 1.54) is 16.3 Å². The lowest BCUT2D eigenvalue weighted by Gasteiger charge is -2.03. The zero-order valence-electron chi connectivity index (χ0n) is 9.16. The van der Waals surface area contributed by atoms with E-state index in [1.807, 2.05) is 0 Å².